The van der Waals surface area contributed by atoms with E-state index in [0.717, 1.165) is 22.9 Å². The lowest BCUT2D eigenvalue weighted by Crippen LogP contribution is -2.03. The molecule has 1 aromatic carbocycles. The Labute approximate surface area is 146 Å². The van der Waals surface area contributed by atoms with Crippen LogP contribution >= 0.6 is 27.3 Å². The average Bonchev–Trinajstić information content (AvgIpc) is 3.18. The van der Waals surface area contributed by atoms with E-state index in [2.05, 4.69) is 15.9 Å². The molecule has 0 fully saturated rings. The molecule has 6 heteroatoms. The van der Waals surface area contributed by atoms with Crippen molar-refractivity contribution in [1.82, 2.24) is 0 Å². The summed E-state index contributed by atoms with van der Waals surface area (Å²) in [5.74, 6) is 1.14. The third-order valence-electron chi connectivity index (χ3n) is 4.10. The first kappa shape index (κ1) is 15.0. The number of benzene rings is 1. The number of fused-ring (bicyclic) bond motifs is 2. The van der Waals surface area contributed by atoms with Crippen LogP contribution in [0, 0.1) is 0 Å². The molecule has 120 valence electrons. The van der Waals surface area contributed by atoms with Gasteiger partial charge in [0, 0.05) is 14.9 Å². The number of carbonyl (C=O) groups excluding carboxylic acids is 1. The van der Waals surface area contributed by atoms with Gasteiger partial charge < -0.3 is 14.2 Å². The second-order valence-corrected chi connectivity index (χ2v) is 7.63. The molecule has 0 spiro atoms. The van der Waals surface area contributed by atoms with Gasteiger partial charge in [-0.25, -0.2) is 4.79 Å². The van der Waals surface area contributed by atoms with Gasteiger partial charge in [0.15, 0.2) is 11.5 Å². The van der Waals surface area contributed by atoms with Crippen LogP contribution in [0.1, 0.15) is 38.5 Å². The normalized spacial score (nSPS) is 15.3. The van der Waals surface area contributed by atoms with E-state index < -0.39 is 0 Å². The quantitative estimate of drug-likeness (QED) is 0.720. The highest BCUT2D eigenvalue weighted by molar-refractivity contribution is 9.10. The van der Waals surface area contributed by atoms with E-state index in [4.69, 9.17) is 14.2 Å². The van der Waals surface area contributed by atoms with Gasteiger partial charge in [0.1, 0.15) is 11.5 Å². The Balaban J connectivity index is 1.46. The number of hydrogen-bond donors (Lipinski definition) is 0. The molecule has 4 rings (SSSR count). The van der Waals surface area contributed by atoms with E-state index in [1.165, 1.54) is 23.3 Å². The number of ether oxygens (including phenoxy) is 3. The summed E-state index contributed by atoms with van der Waals surface area (Å²) in [6.45, 7) is 0.435. The van der Waals surface area contributed by atoms with Crippen molar-refractivity contribution in [3.63, 3.8) is 0 Å². The highest BCUT2D eigenvalue weighted by atomic mass is 79.9. The summed E-state index contributed by atoms with van der Waals surface area (Å²) >= 11 is 5.05. The summed E-state index contributed by atoms with van der Waals surface area (Å²) in [6, 6.07) is 5.69. The number of rotatable bonds is 3. The molecule has 2 heterocycles. The lowest BCUT2D eigenvalue weighted by atomic mass is 9.99. The standard InChI is InChI=1S/C17H15BrO4S/c18-12-7-14-13(21-9-22-14)5-11(12)8-20-17(19)16-6-10-3-1-2-4-15(10)23-16/h5-7H,1-4,8-9H2. The molecule has 0 N–H and O–H groups in total. The van der Waals surface area contributed by atoms with Gasteiger partial charge >= 0.3 is 5.97 Å². The summed E-state index contributed by atoms with van der Waals surface area (Å²) in [5, 5.41) is 0. The minimum atomic E-state index is -0.256. The zero-order valence-electron chi connectivity index (χ0n) is 12.4. The topological polar surface area (TPSA) is 44.8 Å². The highest BCUT2D eigenvalue weighted by Crippen LogP contribution is 2.37. The van der Waals surface area contributed by atoms with Crippen LogP contribution in [-0.4, -0.2) is 12.8 Å². The first-order chi connectivity index (χ1) is 11.2. The fourth-order valence-electron chi connectivity index (χ4n) is 2.88. The molecule has 1 aliphatic carbocycles. The zero-order valence-corrected chi connectivity index (χ0v) is 14.8. The second kappa shape index (κ2) is 6.17. The Morgan fingerprint density at radius 2 is 1.96 bits per heavy atom. The third kappa shape index (κ3) is 2.97. The van der Waals surface area contributed by atoms with Crippen LogP contribution in [0.5, 0.6) is 11.5 Å². The van der Waals surface area contributed by atoms with Crippen LogP contribution in [0.15, 0.2) is 22.7 Å². The molecule has 0 saturated heterocycles. The molecule has 0 amide bonds. The summed E-state index contributed by atoms with van der Waals surface area (Å²) in [7, 11) is 0. The fraction of sp³-hybridized carbons (Fsp3) is 0.353. The monoisotopic (exact) mass is 394 g/mol. The van der Waals surface area contributed by atoms with Crippen molar-refractivity contribution < 1.29 is 19.0 Å². The first-order valence-electron chi connectivity index (χ1n) is 7.57. The van der Waals surface area contributed by atoms with Gasteiger partial charge in [-0.2, -0.15) is 0 Å². The van der Waals surface area contributed by atoms with Crippen molar-refractivity contribution >= 4 is 33.2 Å². The second-order valence-electron chi connectivity index (χ2n) is 5.64. The molecule has 23 heavy (non-hydrogen) atoms. The van der Waals surface area contributed by atoms with Crippen molar-refractivity contribution in [3.8, 4) is 11.5 Å². The molecular weight excluding hydrogens is 380 g/mol. The summed E-state index contributed by atoms with van der Waals surface area (Å²) in [5.41, 5.74) is 2.18. The molecule has 2 aromatic rings. The fourth-order valence-corrected chi connectivity index (χ4v) is 4.46. The van der Waals surface area contributed by atoms with Crippen LogP contribution in [0.4, 0.5) is 0 Å². The molecule has 1 aromatic heterocycles. The van der Waals surface area contributed by atoms with Crippen molar-refractivity contribution in [2.45, 2.75) is 32.3 Å². The third-order valence-corrected chi connectivity index (χ3v) is 6.05. The predicted molar refractivity (Wildman–Crippen MR) is 90.3 cm³/mol. The van der Waals surface area contributed by atoms with Gasteiger partial charge in [0.2, 0.25) is 6.79 Å². The van der Waals surface area contributed by atoms with Crippen LogP contribution in [0.2, 0.25) is 0 Å². The van der Waals surface area contributed by atoms with Crippen molar-refractivity contribution in [2.24, 2.45) is 0 Å². The minimum absolute atomic E-state index is 0.207. The maximum absolute atomic E-state index is 12.3. The van der Waals surface area contributed by atoms with E-state index in [0.29, 0.717) is 16.4 Å². The zero-order chi connectivity index (χ0) is 15.8. The van der Waals surface area contributed by atoms with Crippen LogP contribution in [0.25, 0.3) is 0 Å². The predicted octanol–water partition coefficient (Wildman–Crippen LogP) is 4.48. The van der Waals surface area contributed by atoms with Gasteiger partial charge in [-0.05, 0) is 49.4 Å². The van der Waals surface area contributed by atoms with Gasteiger partial charge in [0.05, 0.1) is 0 Å². The van der Waals surface area contributed by atoms with Crippen LogP contribution < -0.4 is 9.47 Å². The number of esters is 1. The molecule has 4 nitrogen and oxygen atoms in total. The van der Waals surface area contributed by atoms with Gasteiger partial charge in [-0.3, -0.25) is 0 Å². The molecular formula is C17H15BrO4S. The molecule has 0 atom stereocenters. The van der Waals surface area contributed by atoms with Crippen molar-refractivity contribution in [1.29, 1.82) is 0 Å². The summed E-state index contributed by atoms with van der Waals surface area (Å²) in [6.07, 6.45) is 4.59. The number of hydrogen-bond acceptors (Lipinski definition) is 5. The Kier molecular flexibility index (Phi) is 4.03. The van der Waals surface area contributed by atoms with Crippen molar-refractivity contribution in [2.75, 3.05) is 6.79 Å². The molecule has 0 saturated carbocycles. The molecule has 1 aliphatic heterocycles. The lowest BCUT2D eigenvalue weighted by molar-refractivity contribution is 0.0477. The number of halogens is 1. The van der Waals surface area contributed by atoms with E-state index in [1.54, 1.807) is 11.3 Å². The van der Waals surface area contributed by atoms with Crippen LogP contribution in [0.3, 0.4) is 0 Å². The maximum atomic E-state index is 12.3. The number of carbonyl (C=O) groups is 1. The van der Waals surface area contributed by atoms with Gasteiger partial charge in [-0.1, -0.05) is 15.9 Å². The highest BCUT2D eigenvalue weighted by Gasteiger charge is 2.20. The molecule has 0 radical (unpaired) electrons. The van der Waals surface area contributed by atoms with E-state index in [-0.39, 0.29) is 19.4 Å². The Hall–Kier alpha value is -1.53. The van der Waals surface area contributed by atoms with Crippen LogP contribution in [-0.2, 0) is 24.2 Å². The van der Waals surface area contributed by atoms with E-state index >= 15 is 0 Å². The first-order valence-corrected chi connectivity index (χ1v) is 9.18. The minimum Gasteiger partial charge on any atom is -0.457 e. The number of aryl methyl sites for hydroxylation is 2. The van der Waals surface area contributed by atoms with Crippen molar-refractivity contribution in [3.05, 3.63) is 43.6 Å². The van der Waals surface area contributed by atoms with Gasteiger partial charge in [-0.15, -0.1) is 11.3 Å². The SMILES string of the molecule is O=C(OCc1cc2c(cc1Br)OCO2)c1cc2c(s1)CCCC2. The molecule has 0 bridgehead atoms. The smallest absolute Gasteiger partial charge is 0.348 e. The summed E-state index contributed by atoms with van der Waals surface area (Å²) < 4.78 is 17.0. The van der Waals surface area contributed by atoms with E-state index in [9.17, 15) is 4.79 Å². The summed E-state index contributed by atoms with van der Waals surface area (Å²) in [4.78, 5) is 14.3. The Bertz CT molecular complexity index is 745. The molecule has 0 unspecified atom stereocenters. The largest absolute Gasteiger partial charge is 0.457 e. The Morgan fingerprint density at radius 3 is 2.78 bits per heavy atom. The lowest BCUT2D eigenvalue weighted by Gasteiger charge is -2.08. The maximum Gasteiger partial charge on any atom is 0.348 e. The average molecular weight is 395 g/mol. The van der Waals surface area contributed by atoms with Gasteiger partial charge in [0.25, 0.3) is 0 Å². The van der Waals surface area contributed by atoms with E-state index in [1.807, 2.05) is 18.2 Å². The number of thiophene rings is 1. The Morgan fingerprint density at radius 1 is 1.17 bits per heavy atom. The molecule has 2 aliphatic rings.